The molecular weight excluding hydrogens is 235 g/mol. The minimum atomic E-state index is -0.914. The fourth-order valence-corrected chi connectivity index (χ4v) is 1.97. The molecule has 0 aliphatic carbocycles. The van der Waals surface area contributed by atoms with Gasteiger partial charge < -0.3 is 10.2 Å². The Morgan fingerprint density at radius 1 is 1.22 bits per heavy atom. The Labute approximate surface area is 106 Å². The number of aliphatic hydroxyl groups is 1. The molecule has 1 rings (SSSR count). The maximum absolute atomic E-state index is 13.1. The third kappa shape index (κ3) is 4.84. The van der Waals surface area contributed by atoms with Gasteiger partial charge in [-0.05, 0) is 30.5 Å². The number of aliphatic carboxylic acids is 1. The van der Waals surface area contributed by atoms with E-state index in [0.717, 1.165) is 25.7 Å². The number of rotatable bonds is 8. The van der Waals surface area contributed by atoms with E-state index < -0.39 is 17.7 Å². The molecule has 18 heavy (non-hydrogen) atoms. The van der Waals surface area contributed by atoms with Crippen molar-refractivity contribution in [3.8, 4) is 0 Å². The smallest absolute Gasteiger partial charge is 0.310 e. The highest BCUT2D eigenvalue weighted by Gasteiger charge is 2.19. The van der Waals surface area contributed by atoms with Gasteiger partial charge in [0.2, 0.25) is 0 Å². The lowest BCUT2D eigenvalue weighted by atomic mass is 9.93. The lowest BCUT2D eigenvalue weighted by molar-refractivity contribution is -0.139. The molecule has 4 heteroatoms. The molecule has 0 saturated heterocycles. The summed E-state index contributed by atoms with van der Waals surface area (Å²) < 4.78 is 13.1. The second-order valence-corrected chi connectivity index (χ2v) is 4.37. The lowest BCUT2D eigenvalue weighted by Crippen LogP contribution is -2.11. The molecule has 0 spiro atoms. The SMILES string of the molecule is O=C(O)C(CCCCCCO)c1cccc(F)c1. The second kappa shape index (κ2) is 7.82. The predicted octanol–water partition coefficient (Wildman–Crippen LogP) is 2.94. The zero-order valence-corrected chi connectivity index (χ0v) is 10.3. The number of benzene rings is 1. The monoisotopic (exact) mass is 254 g/mol. The van der Waals surface area contributed by atoms with Crippen LogP contribution < -0.4 is 0 Å². The predicted molar refractivity (Wildman–Crippen MR) is 66.9 cm³/mol. The van der Waals surface area contributed by atoms with Crippen molar-refractivity contribution in [2.75, 3.05) is 6.61 Å². The summed E-state index contributed by atoms with van der Waals surface area (Å²) in [5.41, 5.74) is 0.518. The normalized spacial score (nSPS) is 12.3. The number of halogens is 1. The molecule has 1 unspecified atom stereocenters. The first-order valence-corrected chi connectivity index (χ1v) is 6.24. The van der Waals surface area contributed by atoms with E-state index in [-0.39, 0.29) is 6.61 Å². The highest BCUT2D eigenvalue weighted by molar-refractivity contribution is 5.75. The van der Waals surface area contributed by atoms with Crippen LogP contribution in [0.4, 0.5) is 4.39 Å². The average Bonchev–Trinajstić information content (AvgIpc) is 2.33. The van der Waals surface area contributed by atoms with E-state index in [0.29, 0.717) is 12.0 Å². The van der Waals surface area contributed by atoms with Crippen molar-refractivity contribution in [1.29, 1.82) is 0 Å². The van der Waals surface area contributed by atoms with Crippen LogP contribution in [0.2, 0.25) is 0 Å². The van der Waals surface area contributed by atoms with Crippen LogP contribution in [0.5, 0.6) is 0 Å². The molecule has 0 radical (unpaired) electrons. The van der Waals surface area contributed by atoms with Crippen molar-refractivity contribution in [1.82, 2.24) is 0 Å². The minimum Gasteiger partial charge on any atom is -0.481 e. The van der Waals surface area contributed by atoms with Gasteiger partial charge in [-0.25, -0.2) is 4.39 Å². The standard InChI is InChI=1S/C14H19FO3/c15-12-7-5-6-11(10-12)13(14(17)18)8-3-1-2-4-9-16/h5-7,10,13,16H,1-4,8-9H2,(H,17,18). The van der Waals surface area contributed by atoms with E-state index in [4.69, 9.17) is 10.2 Å². The molecule has 2 N–H and O–H groups in total. The Morgan fingerprint density at radius 2 is 1.94 bits per heavy atom. The van der Waals surface area contributed by atoms with Crippen LogP contribution in [-0.4, -0.2) is 22.8 Å². The Morgan fingerprint density at radius 3 is 2.56 bits per heavy atom. The molecule has 0 aromatic heterocycles. The summed E-state index contributed by atoms with van der Waals surface area (Å²) in [5, 5.41) is 17.8. The van der Waals surface area contributed by atoms with Crippen LogP contribution >= 0.6 is 0 Å². The summed E-state index contributed by atoms with van der Waals surface area (Å²) in [6, 6.07) is 5.78. The van der Waals surface area contributed by atoms with Crippen LogP contribution in [0, 0.1) is 5.82 Å². The van der Waals surface area contributed by atoms with Crippen LogP contribution in [0.1, 0.15) is 43.6 Å². The van der Waals surface area contributed by atoms with E-state index in [1.165, 1.54) is 18.2 Å². The van der Waals surface area contributed by atoms with Crippen LogP contribution in [0.3, 0.4) is 0 Å². The summed E-state index contributed by atoms with van der Waals surface area (Å²) in [4.78, 5) is 11.2. The number of carboxylic acid groups (broad SMARTS) is 1. The van der Waals surface area contributed by atoms with Crippen molar-refractivity contribution < 1.29 is 19.4 Å². The third-order valence-electron chi connectivity index (χ3n) is 2.95. The number of unbranched alkanes of at least 4 members (excludes halogenated alkanes) is 3. The first kappa shape index (κ1) is 14.6. The van der Waals surface area contributed by atoms with Gasteiger partial charge in [-0.2, -0.15) is 0 Å². The quantitative estimate of drug-likeness (QED) is 0.701. The fourth-order valence-electron chi connectivity index (χ4n) is 1.97. The number of aliphatic hydroxyl groups excluding tert-OH is 1. The minimum absolute atomic E-state index is 0.173. The molecule has 1 atom stereocenters. The maximum Gasteiger partial charge on any atom is 0.310 e. The van der Waals surface area contributed by atoms with Gasteiger partial charge in [-0.1, -0.05) is 31.4 Å². The largest absolute Gasteiger partial charge is 0.481 e. The van der Waals surface area contributed by atoms with Gasteiger partial charge in [0.1, 0.15) is 5.82 Å². The van der Waals surface area contributed by atoms with E-state index in [1.54, 1.807) is 6.07 Å². The molecular formula is C14H19FO3. The molecule has 0 heterocycles. The summed E-state index contributed by atoms with van der Waals surface area (Å²) >= 11 is 0. The van der Waals surface area contributed by atoms with Gasteiger partial charge in [0.05, 0.1) is 5.92 Å². The van der Waals surface area contributed by atoms with Gasteiger partial charge in [0.15, 0.2) is 0 Å². The van der Waals surface area contributed by atoms with Crippen LogP contribution in [-0.2, 0) is 4.79 Å². The van der Waals surface area contributed by atoms with Gasteiger partial charge in [-0.3, -0.25) is 4.79 Å². The first-order valence-electron chi connectivity index (χ1n) is 6.24. The highest BCUT2D eigenvalue weighted by atomic mass is 19.1. The molecule has 0 fully saturated rings. The molecule has 1 aromatic carbocycles. The van der Waals surface area contributed by atoms with Crippen LogP contribution in [0.15, 0.2) is 24.3 Å². The molecule has 0 amide bonds. The van der Waals surface area contributed by atoms with E-state index in [2.05, 4.69) is 0 Å². The first-order chi connectivity index (χ1) is 8.65. The number of hydrogen-bond donors (Lipinski definition) is 2. The van der Waals surface area contributed by atoms with Crippen LogP contribution in [0.25, 0.3) is 0 Å². The highest BCUT2D eigenvalue weighted by Crippen LogP contribution is 2.23. The van der Waals surface area contributed by atoms with Gasteiger partial charge in [-0.15, -0.1) is 0 Å². The molecule has 0 aliphatic heterocycles. The maximum atomic E-state index is 13.1. The Bertz CT molecular complexity index is 379. The average molecular weight is 254 g/mol. The molecule has 1 aromatic rings. The van der Waals surface area contributed by atoms with Gasteiger partial charge in [0.25, 0.3) is 0 Å². The van der Waals surface area contributed by atoms with Crippen molar-refractivity contribution >= 4 is 5.97 Å². The fraction of sp³-hybridized carbons (Fsp3) is 0.500. The summed E-state index contributed by atoms with van der Waals surface area (Å²) in [5.74, 6) is -1.96. The summed E-state index contributed by atoms with van der Waals surface area (Å²) in [6.45, 7) is 0.173. The molecule has 0 aliphatic rings. The Kier molecular flexibility index (Phi) is 6.36. The van der Waals surface area contributed by atoms with Crippen molar-refractivity contribution in [2.45, 2.75) is 38.0 Å². The Hall–Kier alpha value is -1.42. The number of carbonyl (C=O) groups is 1. The zero-order valence-electron chi connectivity index (χ0n) is 10.3. The van der Waals surface area contributed by atoms with E-state index in [9.17, 15) is 9.18 Å². The summed E-state index contributed by atoms with van der Waals surface area (Å²) in [6.07, 6.45) is 3.81. The third-order valence-corrected chi connectivity index (χ3v) is 2.95. The topological polar surface area (TPSA) is 57.5 Å². The number of hydrogen-bond acceptors (Lipinski definition) is 2. The molecule has 100 valence electrons. The molecule has 3 nitrogen and oxygen atoms in total. The lowest BCUT2D eigenvalue weighted by Gasteiger charge is -2.12. The van der Waals surface area contributed by atoms with E-state index >= 15 is 0 Å². The Balaban J connectivity index is 2.53. The van der Waals surface area contributed by atoms with E-state index in [1.807, 2.05) is 0 Å². The second-order valence-electron chi connectivity index (χ2n) is 4.37. The molecule has 0 saturated carbocycles. The van der Waals surface area contributed by atoms with Crippen molar-refractivity contribution in [3.63, 3.8) is 0 Å². The zero-order chi connectivity index (χ0) is 13.4. The van der Waals surface area contributed by atoms with Gasteiger partial charge >= 0.3 is 5.97 Å². The number of carboxylic acids is 1. The van der Waals surface area contributed by atoms with Gasteiger partial charge in [0, 0.05) is 6.61 Å². The van der Waals surface area contributed by atoms with Crippen molar-refractivity contribution in [3.05, 3.63) is 35.6 Å². The summed E-state index contributed by atoms with van der Waals surface area (Å²) in [7, 11) is 0. The molecule has 0 bridgehead atoms. The van der Waals surface area contributed by atoms with Crippen molar-refractivity contribution in [2.24, 2.45) is 0 Å².